The van der Waals surface area contributed by atoms with Crippen molar-refractivity contribution in [1.29, 1.82) is 0 Å². The fraction of sp³-hybridized carbons (Fsp3) is 0.368. The number of hydrogen-bond acceptors (Lipinski definition) is 5. The first-order valence-electron chi connectivity index (χ1n) is 9.00. The van der Waals surface area contributed by atoms with Crippen molar-refractivity contribution in [2.24, 2.45) is 7.05 Å². The Hall–Kier alpha value is -2.65. The number of rotatable bonds is 5. The fourth-order valence-corrected chi connectivity index (χ4v) is 4.81. The van der Waals surface area contributed by atoms with E-state index in [-0.39, 0.29) is 16.2 Å². The number of piperidine rings is 1. The minimum atomic E-state index is -3.64. The summed E-state index contributed by atoms with van der Waals surface area (Å²) in [5.74, 6) is -1.09. The number of carbonyl (C=O) groups excluding carboxylic acids is 2. The quantitative estimate of drug-likeness (QED) is 0.770. The molecule has 1 fully saturated rings. The zero-order valence-electron chi connectivity index (χ0n) is 15.8. The number of carbonyl (C=O) groups is 2. The third kappa shape index (κ3) is 3.95. The van der Waals surface area contributed by atoms with Crippen LogP contribution in [0.5, 0.6) is 0 Å². The van der Waals surface area contributed by atoms with E-state index in [1.165, 1.54) is 28.2 Å². The van der Waals surface area contributed by atoms with Crippen molar-refractivity contribution < 1.29 is 22.7 Å². The number of anilines is 1. The van der Waals surface area contributed by atoms with Gasteiger partial charge in [-0.2, -0.15) is 4.31 Å². The first-order valence-corrected chi connectivity index (χ1v) is 10.4. The second kappa shape index (κ2) is 8.15. The van der Waals surface area contributed by atoms with Crippen LogP contribution in [-0.4, -0.2) is 49.4 Å². The lowest BCUT2D eigenvalue weighted by molar-refractivity contribution is 0.0602. The summed E-state index contributed by atoms with van der Waals surface area (Å²) in [7, 11) is -0.770. The maximum Gasteiger partial charge on any atom is 0.339 e. The Morgan fingerprint density at radius 2 is 1.79 bits per heavy atom. The molecule has 2 aromatic rings. The Balaban J connectivity index is 1.86. The Morgan fingerprint density at radius 1 is 1.11 bits per heavy atom. The summed E-state index contributed by atoms with van der Waals surface area (Å²) in [6, 6.07) is 7.82. The molecule has 1 N–H and O–H groups in total. The van der Waals surface area contributed by atoms with Crippen molar-refractivity contribution in [1.82, 2.24) is 8.87 Å². The van der Waals surface area contributed by atoms with Gasteiger partial charge in [0.15, 0.2) is 0 Å². The van der Waals surface area contributed by atoms with Gasteiger partial charge in [-0.05, 0) is 31.0 Å². The van der Waals surface area contributed by atoms with E-state index < -0.39 is 21.9 Å². The predicted molar refractivity (Wildman–Crippen MR) is 104 cm³/mol. The van der Waals surface area contributed by atoms with E-state index in [2.05, 4.69) is 5.32 Å². The summed E-state index contributed by atoms with van der Waals surface area (Å²) in [6.07, 6.45) is 4.13. The Kier molecular flexibility index (Phi) is 5.85. The number of para-hydroxylation sites is 1. The molecule has 2 heterocycles. The van der Waals surface area contributed by atoms with Gasteiger partial charge in [-0.3, -0.25) is 4.79 Å². The van der Waals surface area contributed by atoms with Crippen molar-refractivity contribution in [3.63, 3.8) is 0 Å². The Morgan fingerprint density at radius 3 is 2.46 bits per heavy atom. The molecule has 9 heteroatoms. The van der Waals surface area contributed by atoms with E-state index in [4.69, 9.17) is 4.74 Å². The number of amides is 1. The molecule has 1 amide bonds. The average molecular weight is 405 g/mol. The van der Waals surface area contributed by atoms with Crippen LogP contribution in [-0.2, 0) is 21.8 Å². The van der Waals surface area contributed by atoms with Crippen LogP contribution in [0.15, 0.2) is 41.4 Å². The van der Waals surface area contributed by atoms with Crippen molar-refractivity contribution in [3.05, 3.63) is 47.8 Å². The highest BCUT2D eigenvalue weighted by atomic mass is 32.2. The topological polar surface area (TPSA) is 97.7 Å². The number of methoxy groups -OCH3 is 1. The van der Waals surface area contributed by atoms with E-state index >= 15 is 0 Å². The van der Waals surface area contributed by atoms with Crippen LogP contribution in [0.25, 0.3) is 0 Å². The van der Waals surface area contributed by atoms with Gasteiger partial charge in [-0.1, -0.05) is 18.6 Å². The second-order valence-corrected chi connectivity index (χ2v) is 8.57. The summed E-state index contributed by atoms with van der Waals surface area (Å²) < 4.78 is 33.3. The Labute approximate surface area is 164 Å². The van der Waals surface area contributed by atoms with Crippen LogP contribution in [0.2, 0.25) is 0 Å². The highest BCUT2D eigenvalue weighted by Gasteiger charge is 2.28. The smallest absolute Gasteiger partial charge is 0.339 e. The number of ether oxygens (including phenoxy) is 1. The molecule has 1 saturated heterocycles. The minimum Gasteiger partial charge on any atom is -0.465 e. The highest BCUT2D eigenvalue weighted by Crippen LogP contribution is 2.23. The van der Waals surface area contributed by atoms with Gasteiger partial charge in [-0.25, -0.2) is 13.2 Å². The normalized spacial score (nSPS) is 15.2. The fourth-order valence-electron chi connectivity index (χ4n) is 3.22. The monoisotopic (exact) mass is 405 g/mol. The van der Waals surface area contributed by atoms with Gasteiger partial charge in [0.05, 0.1) is 18.4 Å². The van der Waals surface area contributed by atoms with E-state index in [0.717, 1.165) is 19.3 Å². The van der Waals surface area contributed by atoms with Crippen molar-refractivity contribution in [3.8, 4) is 0 Å². The van der Waals surface area contributed by atoms with Gasteiger partial charge in [0.25, 0.3) is 5.91 Å². The van der Waals surface area contributed by atoms with Crippen LogP contribution in [0, 0.1) is 0 Å². The van der Waals surface area contributed by atoms with E-state index in [0.29, 0.717) is 18.8 Å². The zero-order chi connectivity index (χ0) is 20.3. The van der Waals surface area contributed by atoms with E-state index in [9.17, 15) is 18.0 Å². The molecular weight excluding hydrogens is 382 g/mol. The van der Waals surface area contributed by atoms with Gasteiger partial charge < -0.3 is 14.6 Å². The van der Waals surface area contributed by atoms with Gasteiger partial charge in [0.1, 0.15) is 10.6 Å². The van der Waals surface area contributed by atoms with Gasteiger partial charge >= 0.3 is 5.97 Å². The third-order valence-electron chi connectivity index (χ3n) is 4.75. The molecule has 0 bridgehead atoms. The Bertz CT molecular complexity index is 991. The number of esters is 1. The maximum absolute atomic E-state index is 12.8. The lowest BCUT2D eigenvalue weighted by Crippen LogP contribution is -2.35. The number of aryl methyl sites for hydroxylation is 1. The van der Waals surface area contributed by atoms with Crippen molar-refractivity contribution in [2.75, 3.05) is 25.5 Å². The molecule has 0 aliphatic carbocycles. The van der Waals surface area contributed by atoms with Crippen LogP contribution in [0.3, 0.4) is 0 Å². The second-order valence-electron chi connectivity index (χ2n) is 6.63. The number of benzene rings is 1. The molecule has 0 radical (unpaired) electrons. The van der Waals surface area contributed by atoms with Gasteiger partial charge in [0, 0.05) is 26.3 Å². The van der Waals surface area contributed by atoms with E-state index in [1.807, 2.05) is 0 Å². The van der Waals surface area contributed by atoms with Crippen LogP contribution in [0.1, 0.15) is 40.1 Å². The lowest BCUT2D eigenvalue weighted by atomic mass is 10.1. The number of nitrogens with zero attached hydrogens (tertiary/aromatic N) is 2. The first kappa shape index (κ1) is 20.1. The molecule has 0 saturated carbocycles. The number of sulfonamides is 1. The molecule has 0 spiro atoms. The van der Waals surface area contributed by atoms with Crippen LogP contribution in [0.4, 0.5) is 5.69 Å². The summed E-state index contributed by atoms with van der Waals surface area (Å²) in [4.78, 5) is 24.7. The predicted octanol–water partition coefficient (Wildman–Crippen LogP) is 2.24. The molecule has 0 unspecified atom stereocenters. The summed E-state index contributed by atoms with van der Waals surface area (Å²) in [6.45, 7) is 0.983. The largest absolute Gasteiger partial charge is 0.465 e. The van der Waals surface area contributed by atoms with Crippen molar-refractivity contribution in [2.45, 2.75) is 24.2 Å². The van der Waals surface area contributed by atoms with Gasteiger partial charge in [-0.15, -0.1) is 0 Å². The zero-order valence-corrected chi connectivity index (χ0v) is 16.7. The molecule has 1 aromatic heterocycles. The first-order chi connectivity index (χ1) is 13.3. The molecule has 1 aromatic carbocycles. The third-order valence-corrected chi connectivity index (χ3v) is 6.61. The molecular formula is C19H23N3O5S. The lowest BCUT2D eigenvalue weighted by Gasteiger charge is -2.25. The number of aromatic nitrogens is 1. The molecule has 0 atom stereocenters. The summed E-state index contributed by atoms with van der Waals surface area (Å²) >= 11 is 0. The van der Waals surface area contributed by atoms with Crippen LogP contribution < -0.4 is 5.32 Å². The number of hydrogen-bond donors (Lipinski definition) is 1. The molecule has 1 aliphatic rings. The minimum absolute atomic E-state index is 0.0864. The van der Waals surface area contributed by atoms with E-state index in [1.54, 1.807) is 31.3 Å². The molecule has 150 valence electrons. The van der Waals surface area contributed by atoms with Crippen molar-refractivity contribution >= 4 is 27.6 Å². The number of nitrogens with one attached hydrogen (secondary N) is 1. The highest BCUT2D eigenvalue weighted by molar-refractivity contribution is 7.89. The average Bonchev–Trinajstić information content (AvgIpc) is 3.11. The van der Waals surface area contributed by atoms with Gasteiger partial charge in [0.2, 0.25) is 10.0 Å². The maximum atomic E-state index is 12.8. The van der Waals surface area contributed by atoms with Crippen LogP contribution >= 0.6 is 0 Å². The molecule has 3 rings (SSSR count). The summed E-state index contributed by atoms with van der Waals surface area (Å²) in [5.41, 5.74) is 0.685. The SMILES string of the molecule is COC(=O)c1ccccc1NC(=O)c1cc(S(=O)(=O)N2CCCCC2)cn1C. The summed E-state index contributed by atoms with van der Waals surface area (Å²) in [5, 5.41) is 2.66. The molecule has 8 nitrogen and oxygen atoms in total. The molecule has 1 aliphatic heterocycles. The molecule has 28 heavy (non-hydrogen) atoms. The standard InChI is InChI=1S/C19H23N3O5S/c1-21-13-14(28(25,26)22-10-6-3-7-11-22)12-17(21)18(23)20-16-9-5-4-8-15(16)19(24)27-2/h4-5,8-9,12-13H,3,6-7,10-11H2,1-2H3,(H,20,23).